The van der Waals surface area contributed by atoms with E-state index in [-0.39, 0.29) is 11.8 Å². The van der Waals surface area contributed by atoms with Gasteiger partial charge in [0.2, 0.25) is 0 Å². The van der Waals surface area contributed by atoms with Crippen molar-refractivity contribution in [2.45, 2.75) is 18.8 Å². The summed E-state index contributed by atoms with van der Waals surface area (Å²) in [5.74, 6) is 2.04. The van der Waals surface area contributed by atoms with Crippen LogP contribution in [0.4, 0.5) is 0 Å². The first-order valence-electron chi connectivity index (χ1n) is 10.8. The van der Waals surface area contributed by atoms with E-state index in [9.17, 15) is 4.79 Å². The summed E-state index contributed by atoms with van der Waals surface area (Å²) in [5.41, 5.74) is 2.97. The molecule has 9 heteroatoms. The molecule has 0 saturated carbocycles. The van der Waals surface area contributed by atoms with Crippen LogP contribution in [0.5, 0.6) is 11.5 Å². The predicted molar refractivity (Wildman–Crippen MR) is 121 cm³/mol. The molecule has 0 unspecified atom stereocenters. The molecule has 1 aromatic carbocycles. The first-order chi connectivity index (χ1) is 16.2. The van der Waals surface area contributed by atoms with Crippen LogP contribution in [0.3, 0.4) is 0 Å². The van der Waals surface area contributed by atoms with Crippen molar-refractivity contribution in [3.05, 3.63) is 66.6 Å². The number of hydrogen-bond acceptors (Lipinski definition) is 7. The molecule has 9 nitrogen and oxygen atoms in total. The van der Waals surface area contributed by atoms with Gasteiger partial charge in [0.1, 0.15) is 5.69 Å². The minimum Gasteiger partial charge on any atom is -0.493 e. The van der Waals surface area contributed by atoms with Gasteiger partial charge in [0.05, 0.1) is 20.4 Å². The van der Waals surface area contributed by atoms with E-state index in [1.54, 1.807) is 24.9 Å². The third kappa shape index (κ3) is 3.97. The minimum absolute atomic E-state index is 0.0640. The molecule has 33 heavy (non-hydrogen) atoms. The fraction of sp³-hybridized carbons (Fsp3) is 0.292. The highest BCUT2D eigenvalue weighted by molar-refractivity contribution is 5.92. The lowest BCUT2D eigenvalue weighted by Crippen LogP contribution is -2.39. The zero-order chi connectivity index (χ0) is 22.8. The number of nitrogens with zero attached hydrogens (tertiary/aromatic N) is 6. The number of methoxy groups -OCH3 is 2. The maximum Gasteiger partial charge on any atom is 0.274 e. The summed E-state index contributed by atoms with van der Waals surface area (Å²) >= 11 is 0. The highest BCUT2D eigenvalue weighted by atomic mass is 16.5. The molecule has 168 valence electrons. The van der Waals surface area contributed by atoms with Gasteiger partial charge < -0.3 is 14.4 Å². The number of aromatic nitrogens is 5. The summed E-state index contributed by atoms with van der Waals surface area (Å²) in [6.07, 6.45) is 8.35. The molecule has 0 bridgehead atoms. The number of pyridine rings is 1. The molecule has 4 heterocycles. The number of fused-ring (bicyclic) bond motifs is 1. The Kier molecular flexibility index (Phi) is 5.60. The maximum atomic E-state index is 12.8. The van der Waals surface area contributed by atoms with Gasteiger partial charge in [-0.1, -0.05) is 12.1 Å². The van der Waals surface area contributed by atoms with Crippen molar-refractivity contribution in [1.29, 1.82) is 0 Å². The van der Waals surface area contributed by atoms with Crippen LogP contribution in [0.15, 0.2) is 55.1 Å². The summed E-state index contributed by atoms with van der Waals surface area (Å²) in [6, 6.07) is 9.72. The number of likely N-dealkylation sites (tertiary alicyclic amines) is 1. The number of rotatable bonds is 5. The van der Waals surface area contributed by atoms with Gasteiger partial charge in [-0.05, 0) is 31.0 Å². The van der Waals surface area contributed by atoms with Crippen LogP contribution in [0.1, 0.15) is 35.1 Å². The molecule has 1 aliphatic rings. The van der Waals surface area contributed by atoms with E-state index in [1.807, 2.05) is 41.4 Å². The average Bonchev–Trinajstić information content (AvgIpc) is 3.32. The summed E-state index contributed by atoms with van der Waals surface area (Å²) in [6.45, 7) is 1.25. The third-order valence-electron chi connectivity index (χ3n) is 5.92. The Morgan fingerprint density at radius 2 is 2.03 bits per heavy atom. The van der Waals surface area contributed by atoms with Crippen LogP contribution in [0.2, 0.25) is 0 Å². The Balaban J connectivity index is 1.42. The zero-order valence-electron chi connectivity index (χ0n) is 18.5. The minimum atomic E-state index is -0.107. The quantitative estimate of drug-likeness (QED) is 0.466. The number of para-hydroxylation sites is 1. The molecule has 0 aliphatic carbocycles. The van der Waals surface area contributed by atoms with E-state index in [0.717, 1.165) is 35.4 Å². The first-order valence-corrected chi connectivity index (χ1v) is 10.8. The molecular formula is C24H24N6O3. The maximum absolute atomic E-state index is 12.8. The van der Waals surface area contributed by atoms with Crippen LogP contribution in [0.25, 0.3) is 16.8 Å². The molecule has 1 atom stereocenters. The molecule has 3 aromatic heterocycles. The van der Waals surface area contributed by atoms with Gasteiger partial charge in [0, 0.05) is 48.7 Å². The number of hydrogen-bond donors (Lipinski definition) is 0. The van der Waals surface area contributed by atoms with Crippen molar-refractivity contribution in [2.24, 2.45) is 0 Å². The molecular weight excluding hydrogens is 420 g/mol. The van der Waals surface area contributed by atoms with Crippen molar-refractivity contribution in [3.63, 3.8) is 0 Å². The van der Waals surface area contributed by atoms with Gasteiger partial charge in [-0.3, -0.25) is 9.78 Å². The van der Waals surface area contributed by atoms with Crippen molar-refractivity contribution < 1.29 is 14.3 Å². The molecule has 1 saturated heterocycles. The van der Waals surface area contributed by atoms with Gasteiger partial charge in [-0.15, -0.1) is 0 Å². The SMILES string of the molecule is COc1cccc(-c2ccc3nc([C@@H]4CCCN(C(=O)c5cnccn5)C4)nn3c2)c1OC. The van der Waals surface area contributed by atoms with E-state index in [2.05, 4.69) is 9.97 Å². The van der Waals surface area contributed by atoms with Gasteiger partial charge >= 0.3 is 0 Å². The highest BCUT2D eigenvalue weighted by Crippen LogP contribution is 2.37. The number of carbonyl (C=O) groups is 1. The standard InChI is InChI=1S/C24H24N6O3/c1-32-20-7-3-6-18(22(20)33-2)16-8-9-21-27-23(28-30(21)15-16)17-5-4-12-29(14-17)24(31)19-13-25-10-11-26-19/h3,6-11,13,15,17H,4-5,12,14H2,1-2H3/t17-/m1/s1. The largest absolute Gasteiger partial charge is 0.493 e. The summed E-state index contributed by atoms with van der Waals surface area (Å²) in [4.78, 5) is 27.5. The molecule has 1 aliphatic heterocycles. The molecule has 1 amide bonds. The fourth-order valence-corrected chi connectivity index (χ4v) is 4.29. The fourth-order valence-electron chi connectivity index (χ4n) is 4.29. The van der Waals surface area contributed by atoms with Crippen LogP contribution in [-0.4, -0.2) is 62.7 Å². The van der Waals surface area contributed by atoms with Crippen LogP contribution in [0, 0.1) is 0 Å². The van der Waals surface area contributed by atoms with Crippen molar-refractivity contribution in [2.75, 3.05) is 27.3 Å². The Labute approximate surface area is 191 Å². The van der Waals surface area contributed by atoms with Gasteiger partial charge in [0.25, 0.3) is 5.91 Å². The van der Waals surface area contributed by atoms with E-state index in [0.29, 0.717) is 30.3 Å². The van der Waals surface area contributed by atoms with Crippen molar-refractivity contribution >= 4 is 11.6 Å². The smallest absolute Gasteiger partial charge is 0.274 e. The van der Waals surface area contributed by atoms with Gasteiger partial charge in [-0.25, -0.2) is 14.5 Å². The lowest BCUT2D eigenvalue weighted by Gasteiger charge is -2.31. The van der Waals surface area contributed by atoms with E-state index >= 15 is 0 Å². The molecule has 0 radical (unpaired) electrons. The second-order valence-electron chi connectivity index (χ2n) is 7.91. The molecule has 1 fully saturated rings. The topological polar surface area (TPSA) is 94.7 Å². The van der Waals surface area contributed by atoms with Crippen molar-refractivity contribution in [1.82, 2.24) is 29.5 Å². The molecule has 0 N–H and O–H groups in total. The lowest BCUT2D eigenvalue weighted by molar-refractivity contribution is 0.0698. The molecule has 0 spiro atoms. The monoisotopic (exact) mass is 444 g/mol. The number of amides is 1. The second-order valence-corrected chi connectivity index (χ2v) is 7.91. The molecule has 4 aromatic rings. The average molecular weight is 444 g/mol. The third-order valence-corrected chi connectivity index (χ3v) is 5.92. The van der Waals surface area contributed by atoms with Crippen molar-refractivity contribution in [3.8, 4) is 22.6 Å². The van der Waals surface area contributed by atoms with E-state index in [1.165, 1.54) is 12.4 Å². The highest BCUT2D eigenvalue weighted by Gasteiger charge is 2.28. The summed E-state index contributed by atoms with van der Waals surface area (Å²) < 4.78 is 12.8. The normalized spacial score (nSPS) is 16.1. The Hall–Kier alpha value is -4.01. The van der Waals surface area contributed by atoms with Crippen LogP contribution >= 0.6 is 0 Å². The summed E-state index contributed by atoms with van der Waals surface area (Å²) in [5, 5.41) is 4.75. The van der Waals surface area contributed by atoms with Gasteiger partial charge in [0.15, 0.2) is 23.0 Å². The molecule has 5 rings (SSSR count). The van der Waals surface area contributed by atoms with E-state index in [4.69, 9.17) is 19.6 Å². The van der Waals surface area contributed by atoms with Crippen LogP contribution < -0.4 is 9.47 Å². The Bertz CT molecular complexity index is 1290. The first kappa shape index (κ1) is 20.9. The number of piperidine rings is 1. The predicted octanol–water partition coefficient (Wildman–Crippen LogP) is 3.22. The lowest BCUT2D eigenvalue weighted by atomic mass is 9.97. The van der Waals surface area contributed by atoms with Gasteiger partial charge in [-0.2, -0.15) is 5.10 Å². The number of carbonyl (C=O) groups excluding carboxylic acids is 1. The van der Waals surface area contributed by atoms with Crippen LogP contribution in [-0.2, 0) is 0 Å². The summed E-state index contributed by atoms with van der Waals surface area (Å²) in [7, 11) is 3.25. The van der Waals surface area contributed by atoms with E-state index < -0.39 is 0 Å². The zero-order valence-corrected chi connectivity index (χ0v) is 18.5. The Morgan fingerprint density at radius 3 is 2.82 bits per heavy atom. The number of benzene rings is 1. The second kappa shape index (κ2) is 8.85. The Morgan fingerprint density at radius 1 is 1.12 bits per heavy atom. The number of ether oxygens (including phenoxy) is 2.